The van der Waals surface area contributed by atoms with Gasteiger partial charge < -0.3 is 10.2 Å². The maximum Gasteiger partial charge on any atom is 0.242 e. The molecule has 2 aromatic rings. The SMILES string of the molecule is CNC(=O)[C@H](C)N(Cc1ccc(Cl)cc1Cl)C(=O)CCc1ccc(C(C)(C)C)cc1. The molecule has 0 spiro atoms. The van der Waals surface area contributed by atoms with Crippen molar-refractivity contribution in [3.05, 3.63) is 69.2 Å². The summed E-state index contributed by atoms with van der Waals surface area (Å²) in [4.78, 5) is 26.9. The molecule has 0 unspecified atom stereocenters. The van der Waals surface area contributed by atoms with Gasteiger partial charge in [0.15, 0.2) is 0 Å². The third kappa shape index (κ3) is 6.48. The highest BCUT2D eigenvalue weighted by atomic mass is 35.5. The Hall–Kier alpha value is -2.04. The molecule has 0 bridgehead atoms. The third-order valence-electron chi connectivity index (χ3n) is 5.22. The van der Waals surface area contributed by atoms with Crippen molar-refractivity contribution >= 4 is 35.0 Å². The van der Waals surface area contributed by atoms with E-state index in [1.54, 1.807) is 37.1 Å². The van der Waals surface area contributed by atoms with Crippen LogP contribution in [0.4, 0.5) is 0 Å². The minimum atomic E-state index is -0.613. The molecule has 0 radical (unpaired) electrons. The largest absolute Gasteiger partial charge is 0.357 e. The van der Waals surface area contributed by atoms with Crippen LogP contribution in [0.2, 0.25) is 10.0 Å². The molecule has 4 nitrogen and oxygen atoms in total. The fourth-order valence-electron chi connectivity index (χ4n) is 3.19. The summed E-state index contributed by atoms with van der Waals surface area (Å²) in [6.45, 7) is 8.48. The van der Waals surface area contributed by atoms with Gasteiger partial charge in [0.25, 0.3) is 0 Å². The number of carbonyl (C=O) groups excluding carboxylic acids is 2. The van der Waals surface area contributed by atoms with Crippen LogP contribution >= 0.6 is 23.2 Å². The number of hydrogen-bond donors (Lipinski definition) is 1. The van der Waals surface area contributed by atoms with Crippen LogP contribution in [0.5, 0.6) is 0 Å². The molecule has 30 heavy (non-hydrogen) atoms. The third-order valence-corrected chi connectivity index (χ3v) is 5.80. The Morgan fingerprint density at radius 1 is 1.07 bits per heavy atom. The summed E-state index contributed by atoms with van der Waals surface area (Å²) in [7, 11) is 1.56. The van der Waals surface area contributed by atoms with E-state index < -0.39 is 6.04 Å². The van der Waals surface area contributed by atoms with Gasteiger partial charge in [-0.1, -0.05) is 74.3 Å². The van der Waals surface area contributed by atoms with Crippen molar-refractivity contribution in [1.29, 1.82) is 0 Å². The second kappa shape index (κ2) is 10.3. The Balaban J connectivity index is 2.15. The number of carbonyl (C=O) groups is 2. The fourth-order valence-corrected chi connectivity index (χ4v) is 3.66. The lowest BCUT2D eigenvalue weighted by molar-refractivity contribution is -0.140. The number of nitrogens with zero attached hydrogens (tertiary/aromatic N) is 1. The van der Waals surface area contributed by atoms with E-state index in [2.05, 4.69) is 50.4 Å². The number of likely N-dealkylation sites (N-methyl/N-ethyl adjacent to an activating group) is 1. The van der Waals surface area contributed by atoms with Crippen LogP contribution in [0, 0.1) is 0 Å². The first-order valence-electron chi connectivity index (χ1n) is 10.1. The molecule has 2 aromatic carbocycles. The van der Waals surface area contributed by atoms with Gasteiger partial charge in [-0.05, 0) is 47.6 Å². The number of rotatable bonds is 7. The van der Waals surface area contributed by atoms with E-state index in [0.29, 0.717) is 22.9 Å². The van der Waals surface area contributed by atoms with Crippen LogP contribution < -0.4 is 5.32 Å². The summed E-state index contributed by atoms with van der Waals surface area (Å²) < 4.78 is 0. The molecule has 0 heterocycles. The predicted molar refractivity (Wildman–Crippen MR) is 124 cm³/mol. The van der Waals surface area contributed by atoms with Crippen molar-refractivity contribution in [2.45, 2.75) is 58.5 Å². The van der Waals surface area contributed by atoms with Crippen LogP contribution in [0.15, 0.2) is 42.5 Å². The van der Waals surface area contributed by atoms with Crippen molar-refractivity contribution in [3.8, 4) is 0 Å². The molecule has 2 amide bonds. The van der Waals surface area contributed by atoms with Crippen molar-refractivity contribution in [3.63, 3.8) is 0 Å². The number of aryl methyl sites for hydroxylation is 1. The average molecular weight is 449 g/mol. The smallest absolute Gasteiger partial charge is 0.242 e. The van der Waals surface area contributed by atoms with Crippen molar-refractivity contribution < 1.29 is 9.59 Å². The van der Waals surface area contributed by atoms with Gasteiger partial charge in [0.1, 0.15) is 6.04 Å². The summed E-state index contributed by atoms with van der Waals surface area (Å²) in [5, 5.41) is 3.62. The molecule has 0 fully saturated rings. The van der Waals surface area contributed by atoms with E-state index in [1.807, 2.05) is 0 Å². The monoisotopic (exact) mass is 448 g/mol. The first-order valence-corrected chi connectivity index (χ1v) is 10.8. The molecular weight excluding hydrogens is 419 g/mol. The molecule has 1 N–H and O–H groups in total. The highest BCUT2D eigenvalue weighted by Gasteiger charge is 2.26. The van der Waals surface area contributed by atoms with Gasteiger partial charge in [0.05, 0.1) is 0 Å². The molecule has 6 heteroatoms. The molecule has 0 aliphatic heterocycles. The lowest BCUT2D eigenvalue weighted by Crippen LogP contribution is -2.46. The summed E-state index contributed by atoms with van der Waals surface area (Å²) in [5.41, 5.74) is 3.18. The van der Waals surface area contributed by atoms with E-state index in [1.165, 1.54) is 5.56 Å². The van der Waals surface area contributed by atoms with Gasteiger partial charge in [-0.3, -0.25) is 9.59 Å². The van der Waals surface area contributed by atoms with E-state index in [9.17, 15) is 9.59 Å². The molecule has 0 saturated heterocycles. The number of nitrogens with one attached hydrogen (secondary N) is 1. The van der Waals surface area contributed by atoms with Crippen LogP contribution in [0.1, 0.15) is 50.8 Å². The molecule has 162 valence electrons. The Labute approximate surface area is 189 Å². The first-order chi connectivity index (χ1) is 14.0. The zero-order valence-electron chi connectivity index (χ0n) is 18.3. The zero-order chi connectivity index (χ0) is 22.5. The maximum absolute atomic E-state index is 13.1. The molecule has 0 aliphatic carbocycles. The Morgan fingerprint density at radius 2 is 1.70 bits per heavy atom. The Morgan fingerprint density at radius 3 is 2.23 bits per heavy atom. The van der Waals surface area contributed by atoms with Crippen molar-refractivity contribution in [1.82, 2.24) is 10.2 Å². The minimum absolute atomic E-state index is 0.0892. The fraction of sp³-hybridized carbons (Fsp3) is 0.417. The minimum Gasteiger partial charge on any atom is -0.357 e. The molecule has 0 aromatic heterocycles. The van der Waals surface area contributed by atoms with Crippen molar-refractivity contribution in [2.75, 3.05) is 7.05 Å². The van der Waals surface area contributed by atoms with Crippen LogP contribution in [-0.4, -0.2) is 29.8 Å². The van der Waals surface area contributed by atoms with E-state index in [4.69, 9.17) is 23.2 Å². The summed E-state index contributed by atoms with van der Waals surface area (Å²) in [6.07, 6.45) is 0.913. The predicted octanol–water partition coefficient (Wildman–Crippen LogP) is 5.39. The molecular formula is C24H30Cl2N2O2. The molecule has 1 atom stereocenters. The van der Waals surface area contributed by atoms with Crippen molar-refractivity contribution in [2.24, 2.45) is 0 Å². The van der Waals surface area contributed by atoms with E-state index >= 15 is 0 Å². The zero-order valence-corrected chi connectivity index (χ0v) is 19.8. The average Bonchev–Trinajstić information content (AvgIpc) is 2.70. The highest BCUT2D eigenvalue weighted by Crippen LogP contribution is 2.25. The summed E-state index contributed by atoms with van der Waals surface area (Å²) in [5.74, 6) is -0.319. The Kier molecular flexibility index (Phi) is 8.34. The van der Waals surface area contributed by atoms with Gasteiger partial charge in [-0.2, -0.15) is 0 Å². The van der Waals surface area contributed by atoms with E-state index in [0.717, 1.165) is 11.1 Å². The van der Waals surface area contributed by atoms with Gasteiger partial charge in [0, 0.05) is 30.1 Å². The van der Waals surface area contributed by atoms with Gasteiger partial charge in [0.2, 0.25) is 11.8 Å². The Bertz CT molecular complexity index is 889. The lowest BCUT2D eigenvalue weighted by Gasteiger charge is -2.29. The van der Waals surface area contributed by atoms with Crippen LogP contribution in [0.25, 0.3) is 0 Å². The second-order valence-corrected chi connectivity index (χ2v) is 9.34. The number of amides is 2. The molecule has 0 aliphatic rings. The lowest BCUT2D eigenvalue weighted by atomic mass is 9.86. The number of halogens is 2. The van der Waals surface area contributed by atoms with Gasteiger partial charge in [-0.15, -0.1) is 0 Å². The van der Waals surface area contributed by atoms with Crippen LogP contribution in [-0.2, 0) is 28.0 Å². The summed E-state index contributed by atoms with van der Waals surface area (Å²) >= 11 is 12.3. The molecule has 0 saturated carbocycles. The van der Waals surface area contributed by atoms with Gasteiger partial charge >= 0.3 is 0 Å². The van der Waals surface area contributed by atoms with E-state index in [-0.39, 0.29) is 23.8 Å². The van der Waals surface area contributed by atoms with Gasteiger partial charge in [-0.25, -0.2) is 0 Å². The maximum atomic E-state index is 13.1. The first kappa shape index (κ1) is 24.2. The normalized spacial score (nSPS) is 12.4. The quantitative estimate of drug-likeness (QED) is 0.617. The van der Waals surface area contributed by atoms with Crippen LogP contribution in [0.3, 0.4) is 0 Å². The molecule has 2 rings (SSSR count). The topological polar surface area (TPSA) is 49.4 Å². The number of hydrogen-bond acceptors (Lipinski definition) is 2. The summed E-state index contributed by atoms with van der Waals surface area (Å²) in [6, 6.07) is 12.9. The second-order valence-electron chi connectivity index (χ2n) is 8.49. The number of benzene rings is 2. The highest BCUT2D eigenvalue weighted by molar-refractivity contribution is 6.35. The standard InChI is InChI=1S/C24H30Cl2N2O2/c1-16(23(30)27-5)28(15-18-9-12-20(25)14-21(18)26)22(29)13-8-17-6-10-19(11-7-17)24(2,3)4/h6-7,9-12,14,16H,8,13,15H2,1-5H3,(H,27,30)/t16-/m0/s1.